The summed E-state index contributed by atoms with van der Waals surface area (Å²) < 4.78 is 22.2. The molecule has 0 spiro atoms. The lowest BCUT2D eigenvalue weighted by Crippen LogP contribution is -2.42. The van der Waals surface area contributed by atoms with E-state index in [0.717, 1.165) is 16.9 Å². The standard InChI is InChI=1S/C22H27NO5/c1-14-6-7-20-18(8-14)19(12-22(2,3)28-20)23-21(24)13-27-17-10-15(25-4)9-16(11-17)26-5/h6-11,19H,12-13H2,1-5H3,(H,23,24)/t19-/m0/s1. The van der Waals surface area contributed by atoms with Crippen molar-refractivity contribution in [2.24, 2.45) is 0 Å². The van der Waals surface area contributed by atoms with Gasteiger partial charge in [-0.05, 0) is 26.8 Å². The van der Waals surface area contributed by atoms with Gasteiger partial charge in [0.1, 0.15) is 28.6 Å². The molecule has 0 unspecified atom stereocenters. The molecule has 1 N–H and O–H groups in total. The number of carbonyl (C=O) groups is 1. The summed E-state index contributed by atoms with van der Waals surface area (Å²) in [5.41, 5.74) is 1.76. The lowest BCUT2D eigenvalue weighted by molar-refractivity contribution is -0.124. The molecule has 0 radical (unpaired) electrons. The van der Waals surface area contributed by atoms with Gasteiger partial charge in [0.05, 0.1) is 20.3 Å². The van der Waals surface area contributed by atoms with Gasteiger partial charge in [0.2, 0.25) is 0 Å². The molecule has 0 aromatic heterocycles. The summed E-state index contributed by atoms with van der Waals surface area (Å²) in [5.74, 6) is 2.33. The van der Waals surface area contributed by atoms with Crippen LogP contribution in [-0.4, -0.2) is 32.3 Å². The van der Waals surface area contributed by atoms with Crippen molar-refractivity contribution in [3.05, 3.63) is 47.5 Å². The molecule has 2 aromatic carbocycles. The third kappa shape index (κ3) is 4.68. The van der Waals surface area contributed by atoms with Gasteiger partial charge in [-0.3, -0.25) is 4.79 Å². The molecule has 28 heavy (non-hydrogen) atoms. The van der Waals surface area contributed by atoms with E-state index in [1.165, 1.54) is 0 Å². The largest absolute Gasteiger partial charge is 0.496 e. The molecule has 6 nitrogen and oxygen atoms in total. The maximum atomic E-state index is 12.6. The normalized spacial score (nSPS) is 17.1. The fourth-order valence-corrected chi connectivity index (χ4v) is 3.35. The van der Waals surface area contributed by atoms with Crippen molar-refractivity contribution in [2.75, 3.05) is 20.8 Å². The van der Waals surface area contributed by atoms with E-state index in [-0.39, 0.29) is 24.2 Å². The van der Waals surface area contributed by atoms with Gasteiger partial charge in [0.25, 0.3) is 5.91 Å². The number of hydrogen-bond donors (Lipinski definition) is 1. The molecule has 1 heterocycles. The minimum Gasteiger partial charge on any atom is -0.496 e. The quantitative estimate of drug-likeness (QED) is 0.819. The average Bonchev–Trinajstić information content (AvgIpc) is 2.66. The number of ether oxygens (including phenoxy) is 4. The molecule has 0 saturated heterocycles. The topological polar surface area (TPSA) is 66.0 Å². The number of nitrogens with one attached hydrogen (secondary N) is 1. The van der Waals surface area contributed by atoms with Gasteiger partial charge in [-0.25, -0.2) is 0 Å². The van der Waals surface area contributed by atoms with Crippen molar-refractivity contribution in [2.45, 2.75) is 38.8 Å². The Labute approximate surface area is 165 Å². The molecule has 1 aliphatic rings. The number of carbonyl (C=O) groups excluding carboxylic acids is 1. The first kappa shape index (κ1) is 19.9. The van der Waals surface area contributed by atoms with Crippen LogP contribution in [0.25, 0.3) is 0 Å². The predicted octanol–water partition coefficient (Wildman–Crippen LogP) is 3.81. The summed E-state index contributed by atoms with van der Waals surface area (Å²) >= 11 is 0. The highest BCUT2D eigenvalue weighted by molar-refractivity contribution is 5.78. The summed E-state index contributed by atoms with van der Waals surface area (Å²) in [4.78, 5) is 12.6. The van der Waals surface area contributed by atoms with Crippen molar-refractivity contribution in [1.29, 1.82) is 0 Å². The molecule has 3 rings (SSSR count). The third-order valence-corrected chi connectivity index (χ3v) is 4.65. The number of hydrogen-bond acceptors (Lipinski definition) is 5. The van der Waals surface area contributed by atoms with Gasteiger partial charge in [0.15, 0.2) is 6.61 Å². The highest BCUT2D eigenvalue weighted by Gasteiger charge is 2.34. The van der Waals surface area contributed by atoms with E-state index < -0.39 is 0 Å². The number of benzene rings is 2. The van der Waals surface area contributed by atoms with Crippen LogP contribution in [0.5, 0.6) is 23.0 Å². The number of fused-ring (bicyclic) bond motifs is 1. The Bertz CT molecular complexity index is 840. The van der Waals surface area contributed by atoms with Crippen LogP contribution in [0.3, 0.4) is 0 Å². The van der Waals surface area contributed by atoms with Crippen molar-refractivity contribution in [3.8, 4) is 23.0 Å². The monoisotopic (exact) mass is 385 g/mol. The van der Waals surface area contributed by atoms with E-state index in [4.69, 9.17) is 18.9 Å². The van der Waals surface area contributed by atoms with Gasteiger partial charge in [-0.2, -0.15) is 0 Å². The smallest absolute Gasteiger partial charge is 0.258 e. The fourth-order valence-electron chi connectivity index (χ4n) is 3.35. The Balaban J connectivity index is 1.69. The van der Waals surface area contributed by atoms with Crippen LogP contribution in [0.4, 0.5) is 0 Å². The first-order chi connectivity index (χ1) is 13.3. The second-order valence-corrected chi connectivity index (χ2v) is 7.56. The van der Waals surface area contributed by atoms with Crippen LogP contribution in [0.1, 0.15) is 37.4 Å². The van der Waals surface area contributed by atoms with Gasteiger partial charge in [-0.1, -0.05) is 17.7 Å². The molecule has 1 amide bonds. The summed E-state index contributed by atoms with van der Waals surface area (Å²) in [6, 6.07) is 11.1. The molecule has 0 fully saturated rings. The predicted molar refractivity (Wildman–Crippen MR) is 106 cm³/mol. The van der Waals surface area contributed by atoms with Crippen LogP contribution in [0.2, 0.25) is 0 Å². The number of aryl methyl sites for hydroxylation is 1. The number of methoxy groups -OCH3 is 2. The summed E-state index contributed by atoms with van der Waals surface area (Å²) in [5, 5.41) is 3.08. The highest BCUT2D eigenvalue weighted by Crippen LogP contribution is 2.39. The molecule has 150 valence electrons. The lowest BCUT2D eigenvalue weighted by Gasteiger charge is -2.38. The van der Waals surface area contributed by atoms with Crippen molar-refractivity contribution < 1.29 is 23.7 Å². The SMILES string of the molecule is COc1cc(OC)cc(OCC(=O)N[C@H]2CC(C)(C)Oc3ccc(C)cc32)c1. The van der Waals surface area contributed by atoms with E-state index in [0.29, 0.717) is 23.7 Å². The Morgan fingerprint density at radius 3 is 2.39 bits per heavy atom. The van der Waals surface area contributed by atoms with Crippen molar-refractivity contribution in [3.63, 3.8) is 0 Å². The van der Waals surface area contributed by atoms with E-state index >= 15 is 0 Å². The molecular formula is C22H27NO5. The zero-order valence-corrected chi connectivity index (χ0v) is 17.0. The van der Waals surface area contributed by atoms with Crippen LogP contribution in [0.15, 0.2) is 36.4 Å². The van der Waals surface area contributed by atoms with E-state index in [1.807, 2.05) is 32.9 Å². The third-order valence-electron chi connectivity index (χ3n) is 4.65. The molecule has 6 heteroatoms. The average molecular weight is 385 g/mol. The summed E-state index contributed by atoms with van der Waals surface area (Å²) in [6.07, 6.45) is 0.683. The second kappa shape index (κ2) is 8.00. The van der Waals surface area contributed by atoms with Crippen LogP contribution in [0, 0.1) is 6.92 Å². The molecule has 0 aliphatic carbocycles. The molecule has 1 aliphatic heterocycles. The van der Waals surface area contributed by atoms with Gasteiger partial charge < -0.3 is 24.3 Å². The first-order valence-corrected chi connectivity index (χ1v) is 9.24. The molecule has 1 atom stereocenters. The summed E-state index contributed by atoms with van der Waals surface area (Å²) in [6.45, 7) is 5.97. The van der Waals surface area contributed by atoms with Crippen LogP contribution >= 0.6 is 0 Å². The Hall–Kier alpha value is -2.89. The van der Waals surface area contributed by atoms with Gasteiger partial charge in [0, 0.05) is 30.2 Å². The zero-order chi connectivity index (χ0) is 20.3. The lowest BCUT2D eigenvalue weighted by atomic mass is 9.89. The second-order valence-electron chi connectivity index (χ2n) is 7.56. The van der Waals surface area contributed by atoms with E-state index in [9.17, 15) is 4.79 Å². The Kier molecular flexibility index (Phi) is 5.68. The minimum atomic E-state index is -0.360. The van der Waals surface area contributed by atoms with E-state index in [2.05, 4.69) is 11.4 Å². The Morgan fingerprint density at radius 2 is 1.75 bits per heavy atom. The highest BCUT2D eigenvalue weighted by atomic mass is 16.5. The first-order valence-electron chi connectivity index (χ1n) is 9.24. The Morgan fingerprint density at radius 1 is 1.11 bits per heavy atom. The van der Waals surface area contributed by atoms with E-state index in [1.54, 1.807) is 32.4 Å². The number of rotatable bonds is 6. The number of amides is 1. The minimum absolute atomic E-state index is 0.102. The molecule has 2 aromatic rings. The van der Waals surface area contributed by atoms with Crippen LogP contribution < -0.4 is 24.3 Å². The maximum absolute atomic E-state index is 12.6. The fraction of sp³-hybridized carbons (Fsp3) is 0.409. The summed E-state index contributed by atoms with van der Waals surface area (Å²) in [7, 11) is 3.13. The van der Waals surface area contributed by atoms with Gasteiger partial charge in [-0.15, -0.1) is 0 Å². The molecule has 0 saturated carbocycles. The van der Waals surface area contributed by atoms with Crippen molar-refractivity contribution >= 4 is 5.91 Å². The maximum Gasteiger partial charge on any atom is 0.258 e. The van der Waals surface area contributed by atoms with Crippen LogP contribution in [-0.2, 0) is 4.79 Å². The molecular weight excluding hydrogens is 358 g/mol. The zero-order valence-electron chi connectivity index (χ0n) is 17.0. The van der Waals surface area contributed by atoms with Gasteiger partial charge >= 0.3 is 0 Å². The molecule has 0 bridgehead atoms. The van der Waals surface area contributed by atoms with Crippen molar-refractivity contribution in [1.82, 2.24) is 5.32 Å².